The number of β-amino-alcohol motifs (C(OH)–C–C–N with tert-alkyl or cyclic N) is 1. The highest BCUT2D eigenvalue weighted by molar-refractivity contribution is 5.74. The normalized spacial score (nSPS) is 27.4. The minimum absolute atomic E-state index is 0.176. The van der Waals surface area contributed by atoms with Crippen LogP contribution in [-0.4, -0.2) is 75.4 Å². The molecule has 3 aliphatic heterocycles. The first-order valence-electron chi connectivity index (χ1n) is 11.2. The summed E-state index contributed by atoms with van der Waals surface area (Å²) in [5.74, 6) is 0. The average molecular weight is 430 g/mol. The number of rotatable bonds is 2. The van der Waals surface area contributed by atoms with Gasteiger partial charge in [-0.2, -0.15) is 10.4 Å². The third-order valence-corrected chi connectivity index (χ3v) is 7.30. The Morgan fingerprint density at radius 2 is 2.03 bits per heavy atom. The van der Waals surface area contributed by atoms with Gasteiger partial charge in [0.2, 0.25) is 0 Å². The number of pyridine rings is 1. The van der Waals surface area contributed by atoms with Gasteiger partial charge in [-0.1, -0.05) is 6.08 Å². The summed E-state index contributed by atoms with van der Waals surface area (Å²) in [4.78, 5) is 7.17. The molecule has 8 nitrogen and oxygen atoms in total. The summed E-state index contributed by atoms with van der Waals surface area (Å²) in [6, 6.07) is 8.32. The molecule has 0 bridgehead atoms. The molecule has 1 aliphatic carbocycles. The van der Waals surface area contributed by atoms with Crippen LogP contribution >= 0.6 is 0 Å². The Hall–Kier alpha value is -3.28. The molecule has 0 unspecified atom stereocenters. The van der Waals surface area contributed by atoms with E-state index in [4.69, 9.17) is 5.73 Å². The van der Waals surface area contributed by atoms with Crippen molar-refractivity contribution in [3.8, 4) is 6.07 Å². The van der Waals surface area contributed by atoms with E-state index in [1.54, 1.807) is 10.7 Å². The summed E-state index contributed by atoms with van der Waals surface area (Å²) >= 11 is 0. The molecule has 2 saturated heterocycles. The Labute approximate surface area is 187 Å². The van der Waals surface area contributed by atoms with Crippen LogP contribution < -0.4 is 10.6 Å². The molecular weight excluding hydrogens is 402 g/mol. The number of fused-ring (bicyclic) bond motifs is 3. The maximum Gasteiger partial charge on any atom is 0.142 e. The topological polar surface area (TPSA) is 97.1 Å². The molecule has 3 atom stereocenters. The van der Waals surface area contributed by atoms with E-state index in [2.05, 4.69) is 51.0 Å². The highest BCUT2D eigenvalue weighted by Crippen LogP contribution is 2.40. The Kier molecular flexibility index (Phi) is 4.32. The van der Waals surface area contributed by atoms with Gasteiger partial charge in [-0.3, -0.25) is 0 Å². The van der Waals surface area contributed by atoms with Crippen LogP contribution in [0.1, 0.15) is 19.0 Å². The molecule has 164 valence electrons. The van der Waals surface area contributed by atoms with E-state index in [0.717, 1.165) is 37.3 Å². The van der Waals surface area contributed by atoms with Crippen LogP contribution in [-0.2, 0) is 0 Å². The van der Waals surface area contributed by atoms with Gasteiger partial charge in [0.1, 0.15) is 11.8 Å². The Bertz CT molecular complexity index is 1220. The minimum Gasteiger partial charge on any atom is -0.390 e. The van der Waals surface area contributed by atoms with Crippen LogP contribution in [0.4, 0.5) is 5.69 Å². The van der Waals surface area contributed by atoms with Crippen molar-refractivity contribution in [1.82, 2.24) is 19.4 Å². The van der Waals surface area contributed by atoms with Gasteiger partial charge in [0.05, 0.1) is 30.0 Å². The summed E-state index contributed by atoms with van der Waals surface area (Å²) in [7, 11) is 0. The predicted molar refractivity (Wildman–Crippen MR) is 122 cm³/mol. The molecule has 6 rings (SSSR count). The number of nitrogens with zero attached hydrogens (tertiary/aromatic N) is 6. The maximum absolute atomic E-state index is 10.1. The van der Waals surface area contributed by atoms with Crippen molar-refractivity contribution >= 4 is 11.2 Å². The summed E-state index contributed by atoms with van der Waals surface area (Å²) in [6.07, 6.45) is 6.78. The molecule has 4 aliphatic rings. The summed E-state index contributed by atoms with van der Waals surface area (Å²) in [5, 5.41) is 23.8. The lowest BCUT2D eigenvalue weighted by Crippen LogP contribution is -2.49. The fraction of sp³-hybridized carbons (Fsp3) is 0.417. The number of aliphatic hydroxyl groups is 1. The number of aromatic nitrogens is 2. The van der Waals surface area contributed by atoms with Crippen LogP contribution in [0.2, 0.25) is 0 Å². The van der Waals surface area contributed by atoms with Gasteiger partial charge in [-0.25, -0.2) is 4.52 Å². The second-order valence-electron chi connectivity index (χ2n) is 9.27. The number of hydrogen-bond acceptors (Lipinski definition) is 7. The molecule has 0 saturated carbocycles. The summed E-state index contributed by atoms with van der Waals surface area (Å²) in [5.41, 5.74) is 14.1. The van der Waals surface area contributed by atoms with E-state index < -0.39 is 6.10 Å². The van der Waals surface area contributed by atoms with E-state index in [1.165, 1.54) is 22.5 Å². The molecular formula is C24H27N7O. The zero-order valence-corrected chi connectivity index (χ0v) is 18.1. The number of anilines is 1. The van der Waals surface area contributed by atoms with Gasteiger partial charge in [-0.15, -0.1) is 0 Å². The van der Waals surface area contributed by atoms with E-state index in [0.29, 0.717) is 24.8 Å². The lowest BCUT2D eigenvalue weighted by atomic mass is 9.96. The molecule has 0 radical (unpaired) electrons. The van der Waals surface area contributed by atoms with Gasteiger partial charge in [0.15, 0.2) is 0 Å². The molecule has 5 heterocycles. The number of piperazine rings is 1. The molecule has 0 amide bonds. The van der Waals surface area contributed by atoms with Crippen molar-refractivity contribution in [2.75, 3.05) is 37.6 Å². The van der Waals surface area contributed by atoms with Gasteiger partial charge in [0, 0.05) is 49.7 Å². The largest absolute Gasteiger partial charge is 0.390 e. The number of allylic oxidation sites excluding steroid dienone is 2. The summed E-state index contributed by atoms with van der Waals surface area (Å²) < 4.78 is 1.73. The van der Waals surface area contributed by atoms with Crippen molar-refractivity contribution in [1.29, 1.82) is 5.26 Å². The van der Waals surface area contributed by atoms with Crippen molar-refractivity contribution in [2.45, 2.75) is 31.5 Å². The third-order valence-electron chi connectivity index (χ3n) is 7.30. The zero-order valence-electron chi connectivity index (χ0n) is 18.1. The second-order valence-corrected chi connectivity index (χ2v) is 9.27. The Balaban J connectivity index is 1.31. The van der Waals surface area contributed by atoms with Gasteiger partial charge in [-0.05, 0) is 48.8 Å². The average Bonchev–Trinajstić information content (AvgIpc) is 3.50. The lowest BCUT2D eigenvalue weighted by molar-refractivity contribution is 0.170. The van der Waals surface area contributed by atoms with Crippen LogP contribution in [0.5, 0.6) is 0 Å². The third kappa shape index (κ3) is 2.85. The molecule has 2 fully saturated rings. The fourth-order valence-electron chi connectivity index (χ4n) is 5.61. The Morgan fingerprint density at radius 1 is 1.16 bits per heavy atom. The summed E-state index contributed by atoms with van der Waals surface area (Å²) in [6.45, 7) is 6.30. The molecule has 8 heteroatoms. The first kappa shape index (κ1) is 19.4. The molecule has 0 spiro atoms. The Morgan fingerprint density at radius 3 is 2.81 bits per heavy atom. The number of nitrogens with two attached hydrogens (primary N) is 1. The van der Waals surface area contributed by atoms with Crippen LogP contribution in [0, 0.1) is 11.3 Å². The fourth-order valence-corrected chi connectivity index (χ4v) is 5.61. The highest BCUT2D eigenvalue weighted by Gasteiger charge is 2.37. The second kappa shape index (κ2) is 7.12. The van der Waals surface area contributed by atoms with Crippen molar-refractivity contribution in [2.24, 2.45) is 5.73 Å². The van der Waals surface area contributed by atoms with Crippen LogP contribution in [0.3, 0.4) is 0 Å². The van der Waals surface area contributed by atoms with E-state index in [9.17, 15) is 10.4 Å². The monoisotopic (exact) mass is 429 g/mol. The lowest BCUT2D eigenvalue weighted by Gasteiger charge is -2.42. The van der Waals surface area contributed by atoms with Crippen molar-refractivity contribution in [3.63, 3.8) is 0 Å². The number of hydrogen-bond donors (Lipinski definition) is 2. The first-order valence-corrected chi connectivity index (χ1v) is 11.2. The number of likely N-dealkylation sites (tertiary alicyclic amines) is 1. The molecule has 2 aromatic heterocycles. The van der Waals surface area contributed by atoms with Crippen LogP contribution in [0.15, 0.2) is 59.1 Å². The van der Waals surface area contributed by atoms with Gasteiger partial charge >= 0.3 is 0 Å². The van der Waals surface area contributed by atoms with Crippen molar-refractivity contribution < 1.29 is 5.11 Å². The predicted octanol–water partition coefficient (Wildman–Crippen LogP) is 1.20. The molecule has 32 heavy (non-hydrogen) atoms. The number of aliphatic hydroxyl groups excluding tert-OH is 1. The molecule has 3 N–H and O–H groups in total. The van der Waals surface area contributed by atoms with E-state index in [1.807, 2.05) is 12.1 Å². The van der Waals surface area contributed by atoms with Crippen LogP contribution in [0.25, 0.3) is 5.52 Å². The van der Waals surface area contributed by atoms with Gasteiger partial charge in [0.25, 0.3) is 0 Å². The minimum atomic E-state index is -0.453. The van der Waals surface area contributed by atoms with E-state index >= 15 is 0 Å². The quantitative estimate of drug-likeness (QED) is 0.740. The van der Waals surface area contributed by atoms with Crippen molar-refractivity contribution in [3.05, 3.63) is 64.8 Å². The highest BCUT2D eigenvalue weighted by atomic mass is 16.3. The molecule has 0 aromatic carbocycles. The maximum atomic E-state index is 10.1. The van der Waals surface area contributed by atoms with E-state index in [-0.39, 0.29) is 6.04 Å². The molecule has 2 aromatic rings. The van der Waals surface area contributed by atoms with Gasteiger partial charge < -0.3 is 25.5 Å². The zero-order chi connectivity index (χ0) is 22.0. The number of nitriles is 1. The standard InChI is InChI=1S/C24H27N7O/c1-15-10-29(21-5-3-18(9-25)31-22(21)6-7-27-31)13-23-19-4-2-17(8-16(19)11-30(15)23)28-12-20(26)24(32)14-28/h2-3,5-8,15,20,24,32H,4,10-14,26H2,1H3/t15-,20+,24+/m1/s1. The smallest absolute Gasteiger partial charge is 0.142 e. The first-order chi connectivity index (χ1) is 15.5. The SMILES string of the molecule is C[C@@H]1CN(c2ccc(C#N)n3nccc23)CC2=C3CC=C(N4C[C@H](N)[C@@H](O)C4)C=C3CN21.